The van der Waals surface area contributed by atoms with Crippen LogP contribution in [-0.2, 0) is 0 Å². The average molecular weight is 380 g/mol. The summed E-state index contributed by atoms with van der Waals surface area (Å²) >= 11 is 0. The fourth-order valence-corrected chi connectivity index (χ4v) is 4.51. The molecule has 0 aliphatic rings. The molecule has 0 radical (unpaired) electrons. The van der Waals surface area contributed by atoms with Crippen molar-refractivity contribution in [1.82, 2.24) is 0 Å². The van der Waals surface area contributed by atoms with Crippen LogP contribution in [0.4, 0.5) is 0 Å². The fourth-order valence-electron chi connectivity index (χ4n) is 4.51. The maximum atomic E-state index is 2.36. The summed E-state index contributed by atoms with van der Waals surface area (Å²) in [7, 11) is 0. The molecule has 0 fully saturated rings. The van der Waals surface area contributed by atoms with Crippen LogP contribution in [0.3, 0.4) is 0 Å². The Balaban J connectivity index is 1.65. The van der Waals surface area contributed by atoms with Crippen molar-refractivity contribution in [3.05, 3.63) is 121 Å². The van der Waals surface area contributed by atoms with Crippen LogP contribution >= 0.6 is 0 Å². The summed E-state index contributed by atoms with van der Waals surface area (Å²) < 4.78 is 0. The monoisotopic (exact) mass is 380 g/mol. The van der Waals surface area contributed by atoms with E-state index >= 15 is 0 Å². The summed E-state index contributed by atoms with van der Waals surface area (Å²) in [6.07, 6.45) is 0. The second-order valence-electron chi connectivity index (χ2n) is 7.83. The fraction of sp³-hybridized carbons (Fsp3) is 0. The van der Waals surface area contributed by atoms with Crippen molar-refractivity contribution in [2.45, 2.75) is 0 Å². The van der Waals surface area contributed by atoms with Gasteiger partial charge in [-0.15, -0.1) is 0 Å². The van der Waals surface area contributed by atoms with E-state index in [1.165, 1.54) is 54.6 Å². The predicted octanol–water partition coefficient (Wildman–Crippen LogP) is 8.48. The van der Waals surface area contributed by atoms with Crippen LogP contribution < -0.4 is 0 Å². The van der Waals surface area contributed by atoms with Crippen LogP contribution in [-0.4, -0.2) is 0 Å². The van der Waals surface area contributed by atoms with Gasteiger partial charge in [-0.2, -0.15) is 0 Å². The van der Waals surface area contributed by atoms with Crippen molar-refractivity contribution >= 4 is 32.3 Å². The molecule has 0 amide bonds. The lowest BCUT2D eigenvalue weighted by molar-refractivity contribution is 1.65. The number of fused-ring (bicyclic) bond motifs is 4. The van der Waals surface area contributed by atoms with E-state index in [1.807, 2.05) is 0 Å². The molecule has 0 atom stereocenters. The maximum absolute atomic E-state index is 2.36. The number of hydrogen-bond donors (Lipinski definition) is 0. The Labute approximate surface area is 176 Å². The first kappa shape index (κ1) is 17.0. The molecule has 0 bridgehead atoms. The third-order valence-corrected chi connectivity index (χ3v) is 6.03. The summed E-state index contributed by atoms with van der Waals surface area (Å²) in [5.74, 6) is 0. The molecule has 6 rings (SSSR count). The largest absolute Gasteiger partial charge is 0.0622 e. The second kappa shape index (κ2) is 6.86. The normalized spacial score (nSPS) is 11.3. The highest BCUT2D eigenvalue weighted by Gasteiger charge is 2.10. The highest BCUT2D eigenvalue weighted by Crippen LogP contribution is 2.37. The van der Waals surface area contributed by atoms with Crippen LogP contribution in [0.1, 0.15) is 0 Å². The van der Waals surface area contributed by atoms with Crippen molar-refractivity contribution in [2.24, 2.45) is 0 Å². The highest BCUT2D eigenvalue weighted by atomic mass is 14.1. The van der Waals surface area contributed by atoms with E-state index in [4.69, 9.17) is 0 Å². The molecule has 0 heterocycles. The molecule has 6 aromatic carbocycles. The number of hydrogen-bond acceptors (Lipinski definition) is 0. The zero-order valence-corrected chi connectivity index (χ0v) is 16.5. The van der Waals surface area contributed by atoms with Gasteiger partial charge in [0.2, 0.25) is 0 Å². The molecule has 0 aliphatic carbocycles. The first-order chi connectivity index (χ1) is 14.9. The van der Waals surface area contributed by atoms with Gasteiger partial charge in [-0.3, -0.25) is 0 Å². The Morgan fingerprint density at radius 3 is 1.83 bits per heavy atom. The van der Waals surface area contributed by atoms with E-state index in [2.05, 4.69) is 121 Å². The van der Waals surface area contributed by atoms with Gasteiger partial charge in [-0.05, 0) is 72.8 Å². The SMILES string of the molecule is c1ccc(-c2cc3ccccc3c3ccc(-c4ccc5ccccc5c4)cc23)cc1. The Kier molecular flexibility index (Phi) is 3.89. The van der Waals surface area contributed by atoms with Crippen LogP contribution in [0.15, 0.2) is 121 Å². The molecule has 140 valence electrons. The van der Waals surface area contributed by atoms with E-state index in [1.54, 1.807) is 0 Å². The Hall–Kier alpha value is -3.90. The third-order valence-electron chi connectivity index (χ3n) is 6.03. The van der Waals surface area contributed by atoms with Gasteiger partial charge >= 0.3 is 0 Å². The van der Waals surface area contributed by atoms with Crippen molar-refractivity contribution in [1.29, 1.82) is 0 Å². The van der Waals surface area contributed by atoms with E-state index in [0.29, 0.717) is 0 Å². The van der Waals surface area contributed by atoms with E-state index in [-0.39, 0.29) is 0 Å². The second-order valence-corrected chi connectivity index (χ2v) is 7.83. The van der Waals surface area contributed by atoms with Crippen LogP contribution in [0, 0.1) is 0 Å². The van der Waals surface area contributed by atoms with Gasteiger partial charge in [0.15, 0.2) is 0 Å². The molecule has 0 aliphatic heterocycles. The van der Waals surface area contributed by atoms with Gasteiger partial charge in [-0.1, -0.05) is 103 Å². The summed E-state index contributed by atoms with van der Waals surface area (Å²) in [6, 6.07) is 43.9. The molecule has 6 aromatic rings. The zero-order valence-electron chi connectivity index (χ0n) is 16.5. The van der Waals surface area contributed by atoms with Gasteiger partial charge in [0.1, 0.15) is 0 Å². The molecule has 0 aromatic heterocycles. The molecule has 0 spiro atoms. The third kappa shape index (κ3) is 2.77. The molecule has 0 saturated heterocycles. The summed E-state index contributed by atoms with van der Waals surface area (Å²) in [6.45, 7) is 0. The molecule has 0 heteroatoms. The zero-order chi connectivity index (χ0) is 19.9. The minimum atomic E-state index is 1.25. The Bertz CT molecular complexity index is 1520. The van der Waals surface area contributed by atoms with E-state index in [9.17, 15) is 0 Å². The smallest absolute Gasteiger partial charge is 0.00928 e. The topological polar surface area (TPSA) is 0 Å². The number of benzene rings is 6. The number of rotatable bonds is 2. The molecule has 0 N–H and O–H groups in total. The lowest BCUT2D eigenvalue weighted by Gasteiger charge is -2.13. The predicted molar refractivity (Wildman–Crippen MR) is 130 cm³/mol. The Morgan fingerprint density at radius 2 is 0.967 bits per heavy atom. The van der Waals surface area contributed by atoms with Gasteiger partial charge in [0, 0.05) is 0 Å². The first-order valence-electron chi connectivity index (χ1n) is 10.4. The molecule has 30 heavy (non-hydrogen) atoms. The first-order valence-corrected chi connectivity index (χ1v) is 10.4. The van der Waals surface area contributed by atoms with Crippen LogP contribution in [0.5, 0.6) is 0 Å². The molecular weight excluding hydrogens is 360 g/mol. The quantitative estimate of drug-likeness (QED) is 0.264. The van der Waals surface area contributed by atoms with E-state index < -0.39 is 0 Å². The minimum Gasteiger partial charge on any atom is -0.0622 e. The lowest BCUT2D eigenvalue weighted by atomic mass is 9.91. The minimum absolute atomic E-state index is 1.25. The van der Waals surface area contributed by atoms with Gasteiger partial charge < -0.3 is 0 Å². The maximum Gasteiger partial charge on any atom is -0.00928 e. The molecule has 0 nitrogen and oxygen atoms in total. The standard InChI is InChI=1S/C30H20/c1-2-9-22(10-3-1)29-20-26-12-6-7-13-27(26)28-17-16-25(19-30(28)29)24-15-14-21-8-4-5-11-23(21)18-24/h1-20H. The summed E-state index contributed by atoms with van der Waals surface area (Å²) in [4.78, 5) is 0. The lowest BCUT2D eigenvalue weighted by Crippen LogP contribution is -1.86. The molecule has 0 saturated carbocycles. The van der Waals surface area contributed by atoms with E-state index in [0.717, 1.165) is 0 Å². The summed E-state index contributed by atoms with van der Waals surface area (Å²) in [5.41, 5.74) is 5.04. The van der Waals surface area contributed by atoms with Crippen molar-refractivity contribution in [2.75, 3.05) is 0 Å². The highest BCUT2D eigenvalue weighted by molar-refractivity contribution is 6.14. The van der Waals surface area contributed by atoms with Gasteiger partial charge in [-0.25, -0.2) is 0 Å². The molecule has 0 unspecified atom stereocenters. The van der Waals surface area contributed by atoms with Crippen molar-refractivity contribution in [3.8, 4) is 22.3 Å². The average Bonchev–Trinajstić information content (AvgIpc) is 2.83. The molecular formula is C30H20. The van der Waals surface area contributed by atoms with Crippen LogP contribution in [0.2, 0.25) is 0 Å². The van der Waals surface area contributed by atoms with Gasteiger partial charge in [0.25, 0.3) is 0 Å². The van der Waals surface area contributed by atoms with Crippen molar-refractivity contribution < 1.29 is 0 Å². The van der Waals surface area contributed by atoms with Gasteiger partial charge in [0.05, 0.1) is 0 Å². The summed E-state index contributed by atoms with van der Waals surface area (Å²) in [5, 5.41) is 7.73. The Morgan fingerprint density at radius 1 is 0.300 bits per heavy atom. The van der Waals surface area contributed by atoms with Crippen LogP contribution in [0.25, 0.3) is 54.6 Å². The van der Waals surface area contributed by atoms with Crippen molar-refractivity contribution in [3.63, 3.8) is 0 Å².